The molecule has 0 atom stereocenters. The largest absolute Gasteiger partial charge is 0.318 e. The molecular weight excluding hydrogens is 218 g/mol. The number of hydrogen-bond donors (Lipinski definition) is 0. The van der Waals surface area contributed by atoms with Crippen molar-refractivity contribution in [1.82, 2.24) is 4.57 Å². The predicted molar refractivity (Wildman–Crippen MR) is 60.9 cm³/mol. The maximum atomic E-state index is 5.90. The van der Waals surface area contributed by atoms with E-state index >= 15 is 0 Å². The molecule has 72 valence electrons. The molecule has 0 N–H and O–H groups in total. The summed E-state index contributed by atoms with van der Waals surface area (Å²) in [5.41, 5.74) is 1.06. The number of aromatic nitrogens is 1. The summed E-state index contributed by atoms with van der Waals surface area (Å²) < 4.78 is 3.08. The first kappa shape index (κ1) is 9.43. The Kier molecular flexibility index (Phi) is 2.39. The minimum atomic E-state index is 0.726. The summed E-state index contributed by atoms with van der Waals surface area (Å²) in [6, 6.07) is 5.76. The number of thiazole rings is 1. The molecule has 14 heavy (non-hydrogen) atoms. The summed E-state index contributed by atoms with van der Waals surface area (Å²) in [5.74, 6) is 0. The van der Waals surface area contributed by atoms with Crippen molar-refractivity contribution in [3.8, 4) is 0 Å². The minimum Gasteiger partial charge on any atom is -0.318 e. The molecule has 1 aromatic carbocycles. The fourth-order valence-electron chi connectivity index (χ4n) is 1.26. The van der Waals surface area contributed by atoms with Crippen LogP contribution in [0, 0.1) is 0 Å². The van der Waals surface area contributed by atoms with Crippen molar-refractivity contribution < 1.29 is 0 Å². The van der Waals surface area contributed by atoms with Gasteiger partial charge in [-0.05, 0) is 18.2 Å². The van der Waals surface area contributed by atoms with Crippen LogP contribution in [0.15, 0.2) is 28.4 Å². The van der Waals surface area contributed by atoms with Crippen LogP contribution in [-0.4, -0.2) is 11.3 Å². The fraction of sp³-hybridized carbons (Fsp3) is 0.111. The van der Waals surface area contributed by atoms with Crippen molar-refractivity contribution in [2.24, 2.45) is 17.3 Å². The molecule has 3 nitrogen and oxygen atoms in total. The van der Waals surface area contributed by atoms with Crippen molar-refractivity contribution in [2.75, 3.05) is 0 Å². The van der Waals surface area contributed by atoms with Crippen molar-refractivity contribution in [1.29, 1.82) is 0 Å². The van der Waals surface area contributed by atoms with E-state index in [-0.39, 0.29) is 0 Å². The number of nitrogens with zero attached hydrogens (tertiary/aromatic N) is 3. The first-order valence-corrected chi connectivity index (χ1v) is 5.16. The van der Waals surface area contributed by atoms with Gasteiger partial charge in [-0.1, -0.05) is 22.9 Å². The summed E-state index contributed by atoms with van der Waals surface area (Å²) in [6.45, 7) is 3.34. The van der Waals surface area contributed by atoms with Crippen LogP contribution >= 0.6 is 22.9 Å². The van der Waals surface area contributed by atoms with Crippen molar-refractivity contribution in [3.05, 3.63) is 28.0 Å². The van der Waals surface area contributed by atoms with Crippen LogP contribution < -0.4 is 4.80 Å². The fourth-order valence-corrected chi connectivity index (χ4v) is 2.39. The summed E-state index contributed by atoms with van der Waals surface area (Å²) in [4.78, 5) is 0.817. The molecule has 0 saturated carbocycles. The number of halogens is 1. The van der Waals surface area contributed by atoms with Gasteiger partial charge >= 0.3 is 0 Å². The maximum absolute atomic E-state index is 5.90. The highest BCUT2D eigenvalue weighted by Crippen LogP contribution is 2.20. The number of rotatable bonds is 1. The molecule has 0 aliphatic rings. The smallest absolute Gasteiger partial charge is 0.211 e. The summed E-state index contributed by atoms with van der Waals surface area (Å²) in [7, 11) is 1.93. The van der Waals surface area contributed by atoms with Gasteiger partial charge < -0.3 is 4.57 Å². The topological polar surface area (TPSA) is 29.6 Å². The normalized spacial score (nSPS) is 12.3. The Morgan fingerprint density at radius 3 is 3.00 bits per heavy atom. The van der Waals surface area contributed by atoms with Gasteiger partial charge in [-0.2, -0.15) is 5.10 Å². The van der Waals surface area contributed by atoms with E-state index < -0.39 is 0 Å². The quantitative estimate of drug-likeness (QED) is 0.527. The second kappa shape index (κ2) is 3.55. The zero-order valence-corrected chi connectivity index (χ0v) is 9.14. The molecule has 5 heteroatoms. The number of aryl methyl sites for hydroxylation is 1. The van der Waals surface area contributed by atoms with Gasteiger partial charge in [-0.3, -0.25) is 0 Å². The second-order valence-electron chi connectivity index (χ2n) is 2.80. The Morgan fingerprint density at radius 2 is 2.29 bits per heavy atom. The predicted octanol–water partition coefficient (Wildman–Crippen LogP) is 2.41. The highest BCUT2D eigenvalue weighted by atomic mass is 35.5. The SMILES string of the molecule is C=N/N=c1/sc2ccc(Cl)cc2n1C. The van der Waals surface area contributed by atoms with Crippen LogP contribution in [0.3, 0.4) is 0 Å². The zero-order valence-electron chi connectivity index (χ0n) is 7.57. The second-order valence-corrected chi connectivity index (χ2v) is 4.24. The molecule has 0 spiro atoms. The molecule has 0 aliphatic carbocycles. The molecule has 0 unspecified atom stereocenters. The van der Waals surface area contributed by atoms with Gasteiger partial charge in [0.2, 0.25) is 4.80 Å². The standard InChI is InChI=1S/C9H8ClN3S/c1-11-12-9-13(2)7-5-6(10)3-4-8(7)14-9/h3-5H,1H2,2H3/b12-9+. The monoisotopic (exact) mass is 225 g/mol. The van der Waals surface area contributed by atoms with Crippen LogP contribution in [0.1, 0.15) is 0 Å². The van der Waals surface area contributed by atoms with Crippen LogP contribution in [-0.2, 0) is 7.05 Å². The molecule has 0 aliphatic heterocycles. The third-order valence-corrected chi connectivity index (χ3v) is 3.27. The summed E-state index contributed by atoms with van der Waals surface area (Å²) in [6.07, 6.45) is 0. The first-order valence-electron chi connectivity index (χ1n) is 3.97. The Bertz CT molecular complexity index is 553. The number of benzene rings is 1. The lowest BCUT2D eigenvalue weighted by molar-refractivity contribution is 0.890. The van der Waals surface area contributed by atoms with Crippen LogP contribution in [0.25, 0.3) is 10.2 Å². The highest BCUT2D eigenvalue weighted by molar-refractivity contribution is 7.16. The molecule has 2 aromatic rings. The highest BCUT2D eigenvalue weighted by Gasteiger charge is 2.02. The molecule has 2 rings (SSSR count). The minimum absolute atomic E-state index is 0.726. The van der Waals surface area contributed by atoms with Crippen LogP contribution in [0.5, 0.6) is 0 Å². The van der Waals surface area contributed by atoms with Crippen molar-refractivity contribution >= 4 is 39.9 Å². The third kappa shape index (κ3) is 1.47. The van der Waals surface area contributed by atoms with E-state index in [9.17, 15) is 0 Å². The summed E-state index contributed by atoms with van der Waals surface area (Å²) in [5, 5.41) is 8.17. The van der Waals surface area contributed by atoms with E-state index in [1.807, 2.05) is 29.8 Å². The maximum Gasteiger partial charge on any atom is 0.211 e. The average Bonchev–Trinajstić information content (AvgIpc) is 2.46. The molecule has 0 bridgehead atoms. The van der Waals surface area contributed by atoms with Crippen LogP contribution in [0.4, 0.5) is 0 Å². The van der Waals surface area contributed by atoms with E-state index in [0.29, 0.717) is 0 Å². The number of hydrogen-bond acceptors (Lipinski definition) is 3. The molecule has 1 heterocycles. The molecule has 1 aromatic heterocycles. The zero-order chi connectivity index (χ0) is 10.1. The van der Waals surface area contributed by atoms with Gasteiger partial charge in [-0.15, -0.1) is 5.10 Å². The van der Waals surface area contributed by atoms with Gasteiger partial charge in [0.05, 0.1) is 10.2 Å². The van der Waals surface area contributed by atoms with Gasteiger partial charge in [0.25, 0.3) is 0 Å². The molecule has 0 fully saturated rings. The van der Waals surface area contributed by atoms with Crippen molar-refractivity contribution in [3.63, 3.8) is 0 Å². The van der Waals surface area contributed by atoms with E-state index in [1.165, 1.54) is 0 Å². The molecular formula is C9H8ClN3S. The van der Waals surface area contributed by atoms with E-state index in [0.717, 1.165) is 20.0 Å². The Labute approximate surface area is 90.0 Å². The van der Waals surface area contributed by atoms with Gasteiger partial charge in [-0.25, -0.2) is 0 Å². The van der Waals surface area contributed by atoms with Gasteiger partial charge in [0.1, 0.15) is 0 Å². The Balaban J connectivity index is 2.87. The van der Waals surface area contributed by atoms with E-state index in [2.05, 4.69) is 16.9 Å². The molecule has 0 radical (unpaired) electrons. The molecule has 0 amide bonds. The Hall–Kier alpha value is -1.13. The van der Waals surface area contributed by atoms with E-state index in [4.69, 9.17) is 11.6 Å². The lowest BCUT2D eigenvalue weighted by Crippen LogP contribution is -2.08. The third-order valence-electron chi connectivity index (χ3n) is 1.93. The lowest BCUT2D eigenvalue weighted by atomic mass is 10.3. The number of fused-ring (bicyclic) bond motifs is 1. The molecule has 0 saturated heterocycles. The van der Waals surface area contributed by atoms with Gasteiger partial charge in [0, 0.05) is 18.8 Å². The Morgan fingerprint density at radius 1 is 1.50 bits per heavy atom. The average molecular weight is 226 g/mol. The van der Waals surface area contributed by atoms with Gasteiger partial charge in [0.15, 0.2) is 0 Å². The summed E-state index contributed by atoms with van der Waals surface area (Å²) >= 11 is 7.46. The van der Waals surface area contributed by atoms with Crippen LogP contribution in [0.2, 0.25) is 5.02 Å². The first-order chi connectivity index (χ1) is 6.72. The van der Waals surface area contributed by atoms with Crippen molar-refractivity contribution in [2.45, 2.75) is 0 Å². The lowest BCUT2D eigenvalue weighted by Gasteiger charge is -1.94. The van der Waals surface area contributed by atoms with E-state index in [1.54, 1.807) is 11.3 Å².